The Hall–Kier alpha value is -2.42. The lowest BCUT2D eigenvalue weighted by Gasteiger charge is -2.29. The molecule has 2 rings (SSSR count). The van der Waals surface area contributed by atoms with E-state index in [0.29, 0.717) is 0 Å². The fourth-order valence-corrected chi connectivity index (χ4v) is 3.11. The number of nitrogens with zero attached hydrogens (tertiary/aromatic N) is 1. The van der Waals surface area contributed by atoms with E-state index in [2.05, 4.69) is 61.2 Å². The maximum atomic E-state index is 5.70. The Morgan fingerprint density at radius 3 is 2.11 bits per heavy atom. The molecule has 0 aromatic heterocycles. The fourth-order valence-electron chi connectivity index (χ4n) is 3.11. The molecule has 0 N–H and O–H groups in total. The second-order valence-corrected chi connectivity index (χ2v) is 6.70. The molecule has 0 saturated carbocycles. The van der Waals surface area contributed by atoms with E-state index in [1.54, 1.807) is 14.2 Å². The Morgan fingerprint density at radius 2 is 1.56 bits per heavy atom. The molecule has 0 radical (unpaired) electrons. The highest BCUT2D eigenvalue weighted by Crippen LogP contribution is 2.34. The molecule has 2 aromatic carbocycles. The van der Waals surface area contributed by atoms with Gasteiger partial charge in [0.15, 0.2) is 0 Å². The Balaban J connectivity index is 2.56. The lowest BCUT2D eigenvalue weighted by molar-refractivity contribution is 0.372. The highest BCUT2D eigenvalue weighted by Gasteiger charge is 2.17. The number of hydrogen-bond acceptors (Lipinski definition) is 3. The first-order valence-electron chi connectivity index (χ1n) is 9.97. The van der Waals surface area contributed by atoms with E-state index in [9.17, 15) is 0 Å². The normalized spacial score (nSPS) is 11.3. The number of hydrogen-bond donors (Lipinski definition) is 0. The van der Waals surface area contributed by atoms with Crippen LogP contribution in [0.3, 0.4) is 0 Å². The molecule has 0 unspecified atom stereocenters. The summed E-state index contributed by atoms with van der Waals surface area (Å²) in [6.45, 7) is 6.56. The summed E-state index contributed by atoms with van der Waals surface area (Å²) in [5.41, 5.74) is 3.46. The van der Waals surface area contributed by atoms with Crippen molar-refractivity contribution in [2.24, 2.45) is 0 Å². The molecular weight excluding hydrogens is 334 g/mol. The molecule has 0 atom stereocenters. The molecule has 0 saturated heterocycles. The van der Waals surface area contributed by atoms with Crippen molar-refractivity contribution in [3.05, 3.63) is 59.7 Å². The van der Waals surface area contributed by atoms with Gasteiger partial charge in [-0.05, 0) is 42.7 Å². The minimum absolute atomic E-state index is 0.843. The maximum Gasteiger partial charge on any atom is 0.128 e. The van der Waals surface area contributed by atoms with Crippen molar-refractivity contribution >= 4 is 11.8 Å². The number of ether oxygens (including phenoxy) is 2. The molecule has 0 amide bonds. The van der Waals surface area contributed by atoms with E-state index in [0.717, 1.165) is 30.2 Å². The van der Waals surface area contributed by atoms with Crippen molar-refractivity contribution in [2.45, 2.75) is 39.5 Å². The monoisotopic (exact) mass is 367 g/mol. The summed E-state index contributed by atoms with van der Waals surface area (Å²) in [5, 5.41) is 0. The summed E-state index contributed by atoms with van der Waals surface area (Å²) in [6.07, 6.45) is 6.96. The SMILES string of the molecule is CCCCN(CCCC)C(=Cc1ccccc1)c1cc(OC)ccc1OC. The average Bonchev–Trinajstić information content (AvgIpc) is 2.72. The zero-order valence-electron chi connectivity index (χ0n) is 17.2. The number of methoxy groups -OCH3 is 2. The van der Waals surface area contributed by atoms with Crippen LogP contribution in [0.15, 0.2) is 48.5 Å². The van der Waals surface area contributed by atoms with Crippen LogP contribution in [0, 0.1) is 0 Å². The fraction of sp³-hybridized carbons (Fsp3) is 0.417. The summed E-state index contributed by atoms with van der Waals surface area (Å²) in [7, 11) is 3.44. The smallest absolute Gasteiger partial charge is 0.128 e. The van der Waals surface area contributed by atoms with Gasteiger partial charge in [-0.2, -0.15) is 0 Å². The summed E-state index contributed by atoms with van der Waals surface area (Å²) >= 11 is 0. The Kier molecular flexibility index (Phi) is 8.76. The molecular formula is C24H33NO2. The Bertz CT molecular complexity index is 702. The average molecular weight is 368 g/mol. The molecule has 0 spiro atoms. The van der Waals surface area contributed by atoms with Gasteiger partial charge in [-0.1, -0.05) is 57.0 Å². The van der Waals surface area contributed by atoms with Crippen molar-refractivity contribution in [2.75, 3.05) is 27.3 Å². The lowest BCUT2D eigenvalue weighted by Crippen LogP contribution is -2.25. The van der Waals surface area contributed by atoms with Crippen LogP contribution in [0.4, 0.5) is 0 Å². The van der Waals surface area contributed by atoms with Crippen molar-refractivity contribution in [3.8, 4) is 11.5 Å². The van der Waals surface area contributed by atoms with Crippen molar-refractivity contribution in [1.29, 1.82) is 0 Å². The molecule has 0 aliphatic carbocycles. The highest BCUT2D eigenvalue weighted by atomic mass is 16.5. The summed E-state index contributed by atoms with van der Waals surface area (Å²) in [5.74, 6) is 1.71. The predicted molar refractivity (Wildman–Crippen MR) is 115 cm³/mol. The molecule has 0 bridgehead atoms. The van der Waals surface area contributed by atoms with E-state index < -0.39 is 0 Å². The van der Waals surface area contributed by atoms with Crippen molar-refractivity contribution < 1.29 is 9.47 Å². The molecule has 3 heteroatoms. The zero-order chi connectivity index (χ0) is 19.5. The third-order valence-electron chi connectivity index (χ3n) is 4.69. The third-order valence-corrected chi connectivity index (χ3v) is 4.69. The van der Waals surface area contributed by atoms with Crippen LogP contribution in [0.2, 0.25) is 0 Å². The van der Waals surface area contributed by atoms with E-state index >= 15 is 0 Å². The molecule has 2 aromatic rings. The largest absolute Gasteiger partial charge is 0.497 e. The third kappa shape index (κ3) is 6.06. The molecule has 0 aliphatic heterocycles. The molecule has 27 heavy (non-hydrogen) atoms. The van der Waals surface area contributed by atoms with Crippen molar-refractivity contribution in [1.82, 2.24) is 4.90 Å². The standard InChI is InChI=1S/C24H33NO2/c1-5-7-16-25(17-8-6-2)23(18-20-12-10-9-11-13-20)22-19-21(26-3)14-15-24(22)27-4/h9-15,18-19H,5-8,16-17H2,1-4H3. The van der Waals surface area contributed by atoms with Gasteiger partial charge < -0.3 is 14.4 Å². The highest BCUT2D eigenvalue weighted by molar-refractivity contribution is 5.83. The summed E-state index contributed by atoms with van der Waals surface area (Å²) in [4.78, 5) is 2.50. The lowest BCUT2D eigenvalue weighted by atomic mass is 10.0. The Morgan fingerprint density at radius 1 is 0.889 bits per heavy atom. The van der Waals surface area contributed by atoms with Gasteiger partial charge in [0, 0.05) is 24.4 Å². The van der Waals surface area contributed by atoms with Crippen LogP contribution in [0.25, 0.3) is 11.8 Å². The topological polar surface area (TPSA) is 21.7 Å². The number of benzene rings is 2. The van der Waals surface area contributed by atoms with Crippen LogP contribution >= 0.6 is 0 Å². The minimum Gasteiger partial charge on any atom is -0.497 e. The first-order valence-corrected chi connectivity index (χ1v) is 9.97. The van der Waals surface area contributed by atoms with Gasteiger partial charge in [-0.3, -0.25) is 0 Å². The van der Waals surface area contributed by atoms with Crippen LogP contribution in [-0.4, -0.2) is 32.2 Å². The first-order chi connectivity index (χ1) is 13.2. The quantitative estimate of drug-likeness (QED) is 0.448. The van der Waals surface area contributed by atoms with Gasteiger partial charge in [0.1, 0.15) is 11.5 Å². The van der Waals surface area contributed by atoms with Gasteiger partial charge in [-0.15, -0.1) is 0 Å². The Labute approximate surface area is 164 Å². The van der Waals surface area contributed by atoms with Gasteiger partial charge in [0.2, 0.25) is 0 Å². The second kappa shape index (κ2) is 11.3. The molecule has 146 valence electrons. The van der Waals surface area contributed by atoms with Crippen LogP contribution in [0.5, 0.6) is 11.5 Å². The molecule has 0 aliphatic rings. The molecule has 0 fully saturated rings. The van der Waals surface area contributed by atoms with Gasteiger partial charge in [-0.25, -0.2) is 0 Å². The zero-order valence-corrected chi connectivity index (χ0v) is 17.2. The van der Waals surface area contributed by atoms with E-state index in [1.165, 1.54) is 36.9 Å². The summed E-state index contributed by atoms with van der Waals surface area (Å²) in [6, 6.07) is 16.5. The van der Waals surface area contributed by atoms with Gasteiger partial charge in [0.25, 0.3) is 0 Å². The van der Waals surface area contributed by atoms with Crippen LogP contribution < -0.4 is 9.47 Å². The van der Waals surface area contributed by atoms with Gasteiger partial charge in [0.05, 0.1) is 14.2 Å². The molecule has 3 nitrogen and oxygen atoms in total. The van der Waals surface area contributed by atoms with Crippen molar-refractivity contribution in [3.63, 3.8) is 0 Å². The summed E-state index contributed by atoms with van der Waals surface area (Å²) < 4.78 is 11.2. The van der Waals surface area contributed by atoms with Crippen LogP contribution in [0.1, 0.15) is 50.7 Å². The minimum atomic E-state index is 0.843. The van der Waals surface area contributed by atoms with E-state index in [1.807, 2.05) is 12.1 Å². The van der Waals surface area contributed by atoms with Crippen LogP contribution in [-0.2, 0) is 0 Å². The number of rotatable bonds is 11. The number of unbranched alkanes of at least 4 members (excludes halogenated alkanes) is 2. The van der Waals surface area contributed by atoms with E-state index in [4.69, 9.17) is 9.47 Å². The van der Waals surface area contributed by atoms with Gasteiger partial charge >= 0.3 is 0 Å². The first kappa shape index (κ1) is 20.9. The van der Waals surface area contributed by atoms with E-state index in [-0.39, 0.29) is 0 Å². The molecule has 0 heterocycles. The predicted octanol–water partition coefficient (Wildman–Crippen LogP) is 6.10. The maximum absolute atomic E-state index is 5.70. The second-order valence-electron chi connectivity index (χ2n) is 6.70.